The van der Waals surface area contributed by atoms with Crippen LogP contribution in [0, 0.1) is 23.2 Å². The van der Waals surface area contributed by atoms with Crippen molar-refractivity contribution in [2.24, 2.45) is 23.2 Å². The molecular weight excluding hydrogens is 424 g/mol. The zero-order chi connectivity index (χ0) is 22.6. The molecule has 2 fully saturated rings. The second-order valence-electron chi connectivity index (χ2n) is 9.94. The van der Waals surface area contributed by atoms with E-state index in [9.17, 15) is 9.59 Å². The number of methoxy groups -OCH3 is 1. The minimum Gasteiger partial charge on any atom is -0.497 e. The number of nitrogens with zero attached hydrogens (tertiary/aromatic N) is 1. The van der Waals surface area contributed by atoms with E-state index in [0.717, 1.165) is 36.3 Å². The molecule has 170 valence electrons. The number of carbonyl (C=O) groups is 2. The van der Waals surface area contributed by atoms with Crippen LogP contribution in [0.2, 0.25) is 0 Å². The van der Waals surface area contributed by atoms with Crippen molar-refractivity contribution in [2.75, 3.05) is 12.4 Å². The highest BCUT2D eigenvalue weighted by molar-refractivity contribution is 7.15. The lowest BCUT2D eigenvalue weighted by atomic mass is 9.54. The van der Waals surface area contributed by atoms with Crippen LogP contribution in [0.5, 0.6) is 5.75 Å². The topological polar surface area (TPSA) is 77.5 Å². The predicted octanol–water partition coefficient (Wildman–Crippen LogP) is 4.59. The van der Waals surface area contributed by atoms with E-state index in [2.05, 4.69) is 19.2 Å². The van der Waals surface area contributed by atoms with Crippen molar-refractivity contribution in [3.8, 4) is 5.75 Å². The number of carbonyl (C=O) groups excluding carboxylic acids is 2. The lowest BCUT2D eigenvalue weighted by Gasteiger charge is -2.51. The second kappa shape index (κ2) is 7.87. The Kier molecular flexibility index (Phi) is 5.27. The van der Waals surface area contributed by atoms with Crippen molar-refractivity contribution in [3.63, 3.8) is 0 Å². The van der Waals surface area contributed by atoms with Gasteiger partial charge in [0.1, 0.15) is 11.9 Å². The van der Waals surface area contributed by atoms with Crippen LogP contribution in [0.25, 0.3) is 0 Å². The Hall–Kier alpha value is -2.41. The lowest BCUT2D eigenvalue weighted by Crippen LogP contribution is -2.50. The van der Waals surface area contributed by atoms with Crippen LogP contribution >= 0.6 is 11.3 Å². The summed E-state index contributed by atoms with van der Waals surface area (Å²) < 4.78 is 11.1. The maximum Gasteiger partial charge on any atom is 0.309 e. The van der Waals surface area contributed by atoms with Crippen LogP contribution in [0.3, 0.4) is 0 Å². The van der Waals surface area contributed by atoms with E-state index in [1.165, 1.54) is 4.88 Å². The first-order chi connectivity index (χ1) is 15.3. The van der Waals surface area contributed by atoms with Gasteiger partial charge in [0.05, 0.1) is 25.1 Å². The summed E-state index contributed by atoms with van der Waals surface area (Å²) in [5.74, 6) is 1.41. The van der Waals surface area contributed by atoms with E-state index < -0.39 is 0 Å². The number of thiazole rings is 1. The first kappa shape index (κ1) is 21.4. The Balaban J connectivity index is 1.34. The number of hydrogen-bond acceptors (Lipinski definition) is 6. The van der Waals surface area contributed by atoms with Gasteiger partial charge < -0.3 is 14.8 Å². The fourth-order valence-corrected chi connectivity index (χ4v) is 7.50. The van der Waals surface area contributed by atoms with Gasteiger partial charge in [-0.1, -0.05) is 32.9 Å². The van der Waals surface area contributed by atoms with Crippen molar-refractivity contribution in [3.05, 3.63) is 40.4 Å². The summed E-state index contributed by atoms with van der Waals surface area (Å²) >= 11 is 1.59. The molecule has 1 saturated carbocycles. The standard InChI is InChI=1S/C25H30N2O4S/c1-13-17-9-10-25(3)12-18-21(14(2)20(25)22(17)31-23(13)29)27-24(32-18)26-19(28)11-15-5-7-16(30-4)8-6-15/h5-8,13-14,17,20,22H,9-12H2,1-4H3,(H,26,27,28). The number of hydrogen-bond donors (Lipinski definition) is 1. The minimum absolute atomic E-state index is 0.0126. The smallest absolute Gasteiger partial charge is 0.309 e. The minimum atomic E-state index is -0.0730. The van der Waals surface area contributed by atoms with E-state index in [1.54, 1.807) is 18.4 Å². The van der Waals surface area contributed by atoms with Crippen LogP contribution < -0.4 is 10.1 Å². The molecule has 7 heteroatoms. The van der Waals surface area contributed by atoms with E-state index in [0.29, 0.717) is 17.5 Å². The second-order valence-corrected chi connectivity index (χ2v) is 11.0. The van der Waals surface area contributed by atoms with Gasteiger partial charge in [0, 0.05) is 22.6 Å². The van der Waals surface area contributed by atoms with Crippen LogP contribution in [0.1, 0.15) is 55.7 Å². The Morgan fingerprint density at radius 3 is 2.75 bits per heavy atom. The molecule has 0 bridgehead atoms. The third-order valence-electron chi connectivity index (χ3n) is 7.93. The van der Waals surface area contributed by atoms with Crippen LogP contribution in [-0.4, -0.2) is 30.1 Å². The first-order valence-corrected chi connectivity index (χ1v) is 12.2. The Morgan fingerprint density at radius 2 is 2.03 bits per heavy atom. The maximum absolute atomic E-state index is 12.6. The highest BCUT2D eigenvalue weighted by Crippen LogP contribution is 2.59. The summed E-state index contributed by atoms with van der Waals surface area (Å²) in [6, 6.07) is 7.52. The number of amides is 1. The van der Waals surface area contributed by atoms with E-state index >= 15 is 0 Å². The molecule has 1 N–H and O–H groups in total. The third kappa shape index (κ3) is 3.51. The molecule has 6 nitrogen and oxygen atoms in total. The van der Waals surface area contributed by atoms with Gasteiger partial charge in [-0.25, -0.2) is 4.98 Å². The summed E-state index contributed by atoms with van der Waals surface area (Å²) in [5, 5.41) is 3.67. The molecule has 1 aromatic heterocycles. The molecule has 6 unspecified atom stereocenters. The normalized spacial score (nSPS) is 33.0. The summed E-state index contributed by atoms with van der Waals surface area (Å²) in [5.41, 5.74) is 2.09. The van der Waals surface area contributed by atoms with Crippen LogP contribution in [-0.2, 0) is 27.2 Å². The third-order valence-corrected chi connectivity index (χ3v) is 8.91. The quantitative estimate of drug-likeness (QED) is 0.684. The van der Waals surface area contributed by atoms with Gasteiger partial charge in [0.2, 0.25) is 5.91 Å². The highest BCUT2D eigenvalue weighted by Gasteiger charge is 2.58. The summed E-state index contributed by atoms with van der Waals surface area (Å²) in [7, 11) is 1.63. The monoisotopic (exact) mass is 454 g/mol. The number of ether oxygens (including phenoxy) is 2. The maximum atomic E-state index is 12.6. The molecule has 2 aliphatic carbocycles. The first-order valence-electron chi connectivity index (χ1n) is 11.4. The highest BCUT2D eigenvalue weighted by atomic mass is 32.1. The fraction of sp³-hybridized carbons (Fsp3) is 0.560. The molecule has 5 rings (SSSR count). The van der Waals surface area contributed by atoms with Crippen molar-refractivity contribution in [2.45, 2.75) is 58.5 Å². The summed E-state index contributed by atoms with van der Waals surface area (Å²) in [4.78, 5) is 31.0. The number of rotatable bonds is 4. The van der Waals surface area contributed by atoms with Gasteiger partial charge in [0.25, 0.3) is 0 Å². The Morgan fingerprint density at radius 1 is 1.28 bits per heavy atom. The van der Waals surface area contributed by atoms with Gasteiger partial charge in [-0.15, -0.1) is 11.3 Å². The van der Waals surface area contributed by atoms with Crippen LogP contribution in [0.4, 0.5) is 5.13 Å². The number of aromatic nitrogens is 1. The summed E-state index contributed by atoms with van der Waals surface area (Å²) in [6.07, 6.45) is 3.34. The zero-order valence-corrected chi connectivity index (χ0v) is 19.8. The molecule has 1 aliphatic heterocycles. The SMILES string of the molecule is COc1ccc(CC(=O)Nc2nc3c(s2)CC2(C)CCC4C(C)C(=O)OC4C2C3C)cc1. The molecule has 32 heavy (non-hydrogen) atoms. The average molecular weight is 455 g/mol. The molecular formula is C25H30N2O4S. The van der Waals surface area contributed by atoms with Crippen molar-refractivity contribution in [1.29, 1.82) is 0 Å². The Labute approximate surface area is 192 Å². The van der Waals surface area contributed by atoms with Gasteiger partial charge in [-0.3, -0.25) is 9.59 Å². The van der Waals surface area contributed by atoms with Crippen molar-refractivity contribution >= 4 is 28.3 Å². The number of benzene rings is 1. The molecule has 6 atom stereocenters. The average Bonchev–Trinajstić information content (AvgIpc) is 3.27. The lowest BCUT2D eigenvalue weighted by molar-refractivity contribution is -0.149. The van der Waals surface area contributed by atoms with Crippen molar-refractivity contribution in [1.82, 2.24) is 4.98 Å². The number of anilines is 1. The van der Waals surface area contributed by atoms with E-state index in [-0.39, 0.29) is 41.1 Å². The molecule has 2 aromatic rings. The molecule has 0 radical (unpaired) electrons. The number of fused-ring (bicyclic) bond motifs is 4. The van der Waals surface area contributed by atoms with E-state index in [4.69, 9.17) is 14.5 Å². The molecule has 1 amide bonds. The number of esters is 1. The molecule has 1 aromatic carbocycles. The molecule has 1 saturated heterocycles. The molecule has 0 spiro atoms. The van der Waals surface area contributed by atoms with Gasteiger partial charge in [-0.2, -0.15) is 0 Å². The number of nitrogens with one attached hydrogen (secondary N) is 1. The van der Waals surface area contributed by atoms with Gasteiger partial charge >= 0.3 is 5.97 Å². The fourth-order valence-electron chi connectivity index (χ4n) is 6.22. The van der Waals surface area contributed by atoms with Crippen molar-refractivity contribution < 1.29 is 19.1 Å². The zero-order valence-electron chi connectivity index (χ0n) is 19.0. The van der Waals surface area contributed by atoms with Gasteiger partial charge in [-0.05, 0) is 42.4 Å². The van der Waals surface area contributed by atoms with E-state index in [1.807, 2.05) is 31.2 Å². The summed E-state index contributed by atoms with van der Waals surface area (Å²) in [6.45, 7) is 6.56. The predicted molar refractivity (Wildman–Crippen MR) is 123 cm³/mol. The largest absolute Gasteiger partial charge is 0.497 e. The van der Waals surface area contributed by atoms with Gasteiger partial charge in [0.15, 0.2) is 5.13 Å². The Bertz CT molecular complexity index is 1050. The van der Waals surface area contributed by atoms with Crippen LogP contribution in [0.15, 0.2) is 24.3 Å². The molecule has 3 aliphatic rings. The molecule has 2 heterocycles.